The minimum Gasteiger partial charge on any atom is -0.464 e. The summed E-state index contributed by atoms with van der Waals surface area (Å²) in [5.41, 5.74) is 8.26. The second kappa shape index (κ2) is 17.0. The van der Waals surface area contributed by atoms with E-state index >= 15 is 0 Å². The molecule has 3 N–H and O–H groups in total. The van der Waals surface area contributed by atoms with Gasteiger partial charge in [-0.15, -0.1) is 0 Å². The Kier molecular flexibility index (Phi) is 13.7. The number of amides is 1. The number of anilines is 2. The molecule has 2 atom stereocenters. The average molecular weight is 689 g/mol. The van der Waals surface area contributed by atoms with Crippen molar-refractivity contribution in [2.24, 2.45) is 0 Å². The fourth-order valence-electron chi connectivity index (χ4n) is 4.69. The van der Waals surface area contributed by atoms with Gasteiger partial charge in [0, 0.05) is 64.6 Å². The van der Waals surface area contributed by atoms with Crippen molar-refractivity contribution in [1.29, 1.82) is 0 Å². The summed E-state index contributed by atoms with van der Waals surface area (Å²) in [7, 11) is 2.95. The van der Waals surface area contributed by atoms with E-state index in [0.29, 0.717) is 40.0 Å². The van der Waals surface area contributed by atoms with E-state index in [1.54, 1.807) is 42.1 Å². The highest BCUT2D eigenvalue weighted by molar-refractivity contribution is 8.78. The van der Waals surface area contributed by atoms with E-state index in [1.807, 2.05) is 38.1 Å². The van der Waals surface area contributed by atoms with Gasteiger partial charge in [-0.05, 0) is 39.3 Å². The number of carbonyl (C=O) groups excluding carboxylic acids is 2. The quantitative estimate of drug-likeness (QED) is 0.103. The van der Waals surface area contributed by atoms with E-state index in [4.69, 9.17) is 10.5 Å². The average Bonchev–Trinajstić information content (AvgIpc) is 3.01. The fourth-order valence-corrected chi connectivity index (χ4v) is 8.87. The van der Waals surface area contributed by atoms with E-state index in [0.717, 1.165) is 35.2 Å². The summed E-state index contributed by atoms with van der Waals surface area (Å²) in [6, 6.07) is 9.40. The number of fused-ring (bicyclic) bond motifs is 1. The van der Waals surface area contributed by atoms with Gasteiger partial charge in [-0.3, -0.25) is 9.59 Å². The van der Waals surface area contributed by atoms with Crippen molar-refractivity contribution < 1.29 is 22.7 Å². The molecule has 0 aliphatic rings. The number of hydrogen-bond acceptors (Lipinski definition) is 11. The molecule has 46 heavy (non-hydrogen) atoms. The van der Waals surface area contributed by atoms with E-state index in [2.05, 4.69) is 28.5 Å². The van der Waals surface area contributed by atoms with Crippen LogP contribution in [0.15, 0.2) is 58.1 Å². The summed E-state index contributed by atoms with van der Waals surface area (Å²) in [5.74, 6) is 0.139. The molecule has 0 aliphatic heterocycles. The van der Waals surface area contributed by atoms with Gasteiger partial charge < -0.3 is 20.3 Å². The number of rotatable bonds is 17. The number of esters is 1. The minimum atomic E-state index is -4.05. The maximum absolute atomic E-state index is 13.4. The summed E-state index contributed by atoms with van der Waals surface area (Å²) >= 11 is 0. The summed E-state index contributed by atoms with van der Waals surface area (Å²) in [5, 5.41) is 1.70. The van der Waals surface area contributed by atoms with Crippen molar-refractivity contribution in [2.75, 3.05) is 31.3 Å². The maximum atomic E-state index is 13.4. The van der Waals surface area contributed by atoms with Crippen molar-refractivity contribution in [1.82, 2.24) is 19.6 Å². The molecule has 0 spiro atoms. The Bertz CT molecular complexity index is 1670. The summed E-state index contributed by atoms with van der Waals surface area (Å²) in [6.07, 6.45) is 4.73. The van der Waals surface area contributed by atoms with Crippen LogP contribution >= 0.6 is 21.6 Å². The highest BCUT2D eigenvalue weighted by Gasteiger charge is 2.25. The summed E-state index contributed by atoms with van der Waals surface area (Å²) in [6.45, 7) is 9.47. The molecule has 0 bridgehead atoms. The van der Waals surface area contributed by atoms with Crippen LogP contribution < -0.4 is 15.4 Å². The zero-order valence-corrected chi connectivity index (χ0v) is 29.9. The number of hydrogen-bond donors (Lipinski definition) is 2. The zero-order chi connectivity index (χ0) is 34.0. The SMILES string of the molecule is CCCC(C)SSC(CCOC(=O)C(C)NS(=O)(=O)c1cccc2c(N(C)C)cccc12)=C(C)N(C=O)Cc1cnc(C)nc1N. The Morgan fingerprint density at radius 2 is 1.85 bits per heavy atom. The highest BCUT2D eigenvalue weighted by Crippen LogP contribution is 2.39. The van der Waals surface area contributed by atoms with Crippen LogP contribution in [0.5, 0.6) is 0 Å². The lowest BCUT2D eigenvalue weighted by Crippen LogP contribution is -2.39. The van der Waals surface area contributed by atoms with Gasteiger partial charge in [0.1, 0.15) is 17.7 Å². The van der Waals surface area contributed by atoms with Crippen molar-refractivity contribution in [3.8, 4) is 0 Å². The number of nitrogens with zero attached hydrogens (tertiary/aromatic N) is 4. The van der Waals surface area contributed by atoms with Crippen molar-refractivity contribution >= 4 is 66.3 Å². The number of nitrogens with one attached hydrogen (secondary N) is 1. The lowest BCUT2D eigenvalue weighted by Gasteiger charge is -2.23. The van der Waals surface area contributed by atoms with Crippen LogP contribution in [0.4, 0.5) is 11.5 Å². The number of benzene rings is 2. The van der Waals surface area contributed by atoms with Gasteiger partial charge in [0.25, 0.3) is 0 Å². The first-order chi connectivity index (χ1) is 21.8. The van der Waals surface area contributed by atoms with Crippen molar-refractivity contribution in [3.05, 3.63) is 64.6 Å². The molecular weight excluding hydrogens is 645 g/mol. The van der Waals surface area contributed by atoms with Crippen LogP contribution in [0.1, 0.15) is 58.3 Å². The second-order valence-electron chi connectivity index (χ2n) is 11.1. The van der Waals surface area contributed by atoms with Gasteiger partial charge in [-0.25, -0.2) is 18.4 Å². The third kappa shape index (κ3) is 9.84. The van der Waals surface area contributed by atoms with Gasteiger partial charge in [-0.1, -0.05) is 66.1 Å². The number of allylic oxidation sites excluding steroid dienone is 1. The second-order valence-corrected chi connectivity index (χ2v) is 15.5. The zero-order valence-electron chi connectivity index (χ0n) is 27.4. The Hall–Kier alpha value is -3.33. The number of aromatic nitrogens is 2. The molecule has 250 valence electrons. The molecule has 0 saturated heterocycles. The largest absolute Gasteiger partial charge is 0.464 e. The van der Waals surface area contributed by atoms with Gasteiger partial charge in [0.15, 0.2) is 0 Å². The Balaban J connectivity index is 1.74. The van der Waals surface area contributed by atoms with Crippen LogP contribution in [0.2, 0.25) is 0 Å². The molecule has 1 aromatic heterocycles. The van der Waals surface area contributed by atoms with Crippen LogP contribution in [0.25, 0.3) is 10.8 Å². The normalized spacial score (nSPS) is 13.5. The minimum absolute atomic E-state index is 0.00374. The smallest absolute Gasteiger partial charge is 0.323 e. The van der Waals surface area contributed by atoms with E-state index in [9.17, 15) is 18.0 Å². The first-order valence-electron chi connectivity index (χ1n) is 15.0. The lowest BCUT2D eigenvalue weighted by atomic mass is 10.1. The summed E-state index contributed by atoms with van der Waals surface area (Å²) in [4.78, 5) is 37.9. The molecule has 0 saturated carbocycles. The van der Waals surface area contributed by atoms with Gasteiger partial charge in [-0.2, -0.15) is 4.72 Å². The maximum Gasteiger partial charge on any atom is 0.323 e. The van der Waals surface area contributed by atoms with Crippen LogP contribution in [-0.2, 0) is 30.9 Å². The summed E-state index contributed by atoms with van der Waals surface area (Å²) < 4.78 is 34.9. The fraction of sp³-hybridized carbons (Fsp3) is 0.438. The molecule has 2 aromatic carbocycles. The van der Waals surface area contributed by atoms with Crippen LogP contribution in [-0.4, -0.2) is 67.7 Å². The predicted molar refractivity (Wildman–Crippen MR) is 189 cm³/mol. The third-order valence-electron chi connectivity index (χ3n) is 7.22. The topological polar surface area (TPSA) is 148 Å². The highest BCUT2D eigenvalue weighted by atomic mass is 33.1. The Labute approximate surface area is 280 Å². The third-order valence-corrected chi connectivity index (χ3v) is 12.1. The van der Waals surface area contributed by atoms with E-state index < -0.39 is 22.0 Å². The number of nitrogen functional groups attached to an aromatic ring is 1. The molecule has 0 aliphatic carbocycles. The molecular formula is C32H44N6O5S3. The van der Waals surface area contributed by atoms with E-state index in [1.165, 1.54) is 28.7 Å². The Morgan fingerprint density at radius 3 is 2.50 bits per heavy atom. The number of sulfonamides is 1. The molecule has 3 rings (SSSR count). The van der Waals surface area contributed by atoms with Crippen LogP contribution in [0.3, 0.4) is 0 Å². The Morgan fingerprint density at radius 1 is 1.15 bits per heavy atom. The molecule has 1 heterocycles. The van der Waals surface area contributed by atoms with Crippen LogP contribution in [0, 0.1) is 6.92 Å². The molecule has 0 fully saturated rings. The van der Waals surface area contributed by atoms with Crippen molar-refractivity contribution in [3.63, 3.8) is 0 Å². The molecule has 11 nitrogen and oxygen atoms in total. The van der Waals surface area contributed by atoms with E-state index in [-0.39, 0.29) is 18.0 Å². The monoisotopic (exact) mass is 688 g/mol. The first kappa shape index (κ1) is 37.1. The number of nitrogens with two attached hydrogens (primary N) is 1. The lowest BCUT2D eigenvalue weighted by molar-refractivity contribution is -0.145. The molecule has 0 radical (unpaired) electrons. The number of carbonyl (C=O) groups is 2. The number of ether oxygens (including phenoxy) is 1. The standard InChI is InChI=1S/C32H44N6O5S3/c1-8-11-21(2)44-45-29(23(4)38(20-39)19-25-18-34-24(5)35-31(25)33)16-17-43-32(40)22(3)36-46(41,42)30-15-10-12-26-27(30)13-9-14-28(26)37(6)7/h9-10,12-15,18,20-22,36H,8,11,16-17,19H2,1-7H3,(H2,33,34,35). The number of aryl methyl sites for hydroxylation is 1. The van der Waals surface area contributed by atoms with Crippen molar-refractivity contribution in [2.45, 2.75) is 76.6 Å². The molecule has 3 aromatic rings. The molecule has 2 unspecified atom stereocenters. The molecule has 14 heteroatoms. The predicted octanol–water partition coefficient (Wildman–Crippen LogP) is 5.65. The molecule has 1 amide bonds. The van der Waals surface area contributed by atoms with Gasteiger partial charge in [0.2, 0.25) is 16.4 Å². The van der Waals surface area contributed by atoms with Gasteiger partial charge >= 0.3 is 5.97 Å². The first-order valence-corrected chi connectivity index (χ1v) is 18.7. The van der Waals surface area contributed by atoms with Gasteiger partial charge in [0.05, 0.1) is 18.0 Å².